The average molecular weight is 266 g/mol. The molecule has 0 aliphatic rings. The van der Waals surface area contributed by atoms with Gasteiger partial charge in [-0.25, -0.2) is 4.39 Å². The van der Waals surface area contributed by atoms with Crippen LogP contribution in [0.5, 0.6) is 0 Å². The number of aromatic nitrogens is 1. The number of hydrogen-bond donors (Lipinski definition) is 2. The van der Waals surface area contributed by atoms with Gasteiger partial charge in [0.15, 0.2) is 0 Å². The second-order valence-electron chi connectivity index (χ2n) is 3.84. The van der Waals surface area contributed by atoms with Crippen LogP contribution in [0.2, 0.25) is 5.02 Å². The molecule has 0 spiro atoms. The van der Waals surface area contributed by atoms with E-state index in [4.69, 9.17) is 17.3 Å². The number of hydrogen-bond acceptors (Lipinski definition) is 3. The Bertz CT molecular complexity index is 546. The first kappa shape index (κ1) is 12.8. The molecule has 2 rings (SSSR count). The van der Waals surface area contributed by atoms with Crippen molar-refractivity contribution in [2.75, 3.05) is 5.32 Å². The summed E-state index contributed by atoms with van der Waals surface area (Å²) in [6.45, 7) is 0.696. The lowest BCUT2D eigenvalue weighted by Gasteiger charge is -2.09. The van der Waals surface area contributed by atoms with Crippen LogP contribution in [0.3, 0.4) is 0 Å². The second kappa shape index (κ2) is 5.80. The molecule has 5 heteroatoms. The summed E-state index contributed by atoms with van der Waals surface area (Å²) in [4.78, 5) is 3.88. The molecule has 94 valence electrons. The zero-order valence-corrected chi connectivity index (χ0v) is 10.4. The van der Waals surface area contributed by atoms with Crippen LogP contribution >= 0.6 is 11.6 Å². The Morgan fingerprint density at radius 2 is 2.17 bits per heavy atom. The van der Waals surface area contributed by atoms with Gasteiger partial charge in [0.25, 0.3) is 0 Å². The fourth-order valence-corrected chi connectivity index (χ4v) is 1.76. The minimum Gasteiger partial charge on any atom is -0.380 e. The Hall–Kier alpha value is -1.65. The molecule has 2 aromatic rings. The van der Waals surface area contributed by atoms with Gasteiger partial charge >= 0.3 is 0 Å². The summed E-state index contributed by atoms with van der Waals surface area (Å²) in [6, 6.07) is 6.73. The van der Waals surface area contributed by atoms with Crippen LogP contribution in [0, 0.1) is 5.82 Å². The third kappa shape index (κ3) is 2.97. The zero-order valence-electron chi connectivity index (χ0n) is 9.66. The van der Waals surface area contributed by atoms with Gasteiger partial charge in [0.05, 0.1) is 10.7 Å². The van der Waals surface area contributed by atoms with Crippen molar-refractivity contribution in [3.63, 3.8) is 0 Å². The fraction of sp³-hybridized carbons (Fsp3) is 0.154. The first-order valence-corrected chi connectivity index (χ1v) is 5.89. The first-order valence-electron chi connectivity index (χ1n) is 5.51. The van der Waals surface area contributed by atoms with E-state index in [1.807, 2.05) is 6.07 Å². The SMILES string of the molecule is NCc1ccc(CNc2ccncc2Cl)c(F)c1. The lowest BCUT2D eigenvalue weighted by Crippen LogP contribution is -2.04. The number of halogens is 2. The predicted molar refractivity (Wildman–Crippen MR) is 70.9 cm³/mol. The molecule has 0 saturated heterocycles. The highest BCUT2D eigenvalue weighted by atomic mass is 35.5. The quantitative estimate of drug-likeness (QED) is 0.894. The second-order valence-corrected chi connectivity index (χ2v) is 4.25. The van der Waals surface area contributed by atoms with Crippen LogP contribution in [0.4, 0.5) is 10.1 Å². The molecule has 0 unspecified atom stereocenters. The Morgan fingerprint density at radius 1 is 1.33 bits per heavy atom. The molecule has 3 N–H and O–H groups in total. The van der Waals surface area contributed by atoms with E-state index in [-0.39, 0.29) is 5.82 Å². The third-order valence-electron chi connectivity index (χ3n) is 2.59. The van der Waals surface area contributed by atoms with Gasteiger partial charge in [-0.3, -0.25) is 4.98 Å². The number of rotatable bonds is 4. The fourth-order valence-electron chi connectivity index (χ4n) is 1.57. The van der Waals surface area contributed by atoms with E-state index in [1.54, 1.807) is 18.3 Å². The summed E-state index contributed by atoms with van der Waals surface area (Å²) < 4.78 is 13.7. The van der Waals surface area contributed by atoms with Crippen molar-refractivity contribution in [1.82, 2.24) is 4.98 Å². The molecular formula is C13H13ClFN3. The number of nitrogens with one attached hydrogen (secondary N) is 1. The van der Waals surface area contributed by atoms with Crippen LogP contribution in [0.1, 0.15) is 11.1 Å². The molecular weight excluding hydrogens is 253 g/mol. The van der Waals surface area contributed by atoms with Gasteiger partial charge in [-0.1, -0.05) is 23.7 Å². The van der Waals surface area contributed by atoms with Gasteiger partial charge in [0.2, 0.25) is 0 Å². The highest BCUT2D eigenvalue weighted by Gasteiger charge is 2.04. The van der Waals surface area contributed by atoms with Gasteiger partial charge in [0.1, 0.15) is 5.82 Å². The van der Waals surface area contributed by atoms with Crippen LogP contribution < -0.4 is 11.1 Å². The number of nitrogens with zero attached hydrogens (tertiary/aromatic N) is 1. The standard InChI is InChI=1S/C13H13ClFN3/c14-11-8-17-4-3-13(11)18-7-10-2-1-9(6-16)5-12(10)15/h1-5,8H,6-7,16H2,(H,17,18). The molecule has 0 saturated carbocycles. The van der Waals surface area contributed by atoms with E-state index in [0.717, 1.165) is 11.3 Å². The number of pyridine rings is 1. The van der Waals surface area contributed by atoms with E-state index in [2.05, 4.69) is 10.3 Å². The number of nitrogens with two attached hydrogens (primary N) is 1. The van der Waals surface area contributed by atoms with Crippen molar-refractivity contribution in [2.24, 2.45) is 5.73 Å². The largest absolute Gasteiger partial charge is 0.380 e. The molecule has 0 aliphatic carbocycles. The van der Waals surface area contributed by atoms with Crippen LogP contribution in [-0.2, 0) is 13.1 Å². The Balaban J connectivity index is 2.09. The molecule has 1 aromatic carbocycles. The van der Waals surface area contributed by atoms with Crippen LogP contribution in [0.15, 0.2) is 36.7 Å². The van der Waals surface area contributed by atoms with Crippen molar-refractivity contribution in [3.05, 3.63) is 58.6 Å². The molecule has 3 nitrogen and oxygen atoms in total. The van der Waals surface area contributed by atoms with Crippen molar-refractivity contribution < 1.29 is 4.39 Å². The predicted octanol–water partition coefficient (Wildman–Crippen LogP) is 2.94. The van der Waals surface area contributed by atoms with E-state index >= 15 is 0 Å². The third-order valence-corrected chi connectivity index (χ3v) is 2.90. The van der Waals surface area contributed by atoms with Crippen LogP contribution in [0.25, 0.3) is 0 Å². The van der Waals surface area contributed by atoms with Gasteiger partial charge in [0, 0.05) is 31.0 Å². The molecule has 0 radical (unpaired) electrons. The summed E-state index contributed by atoms with van der Waals surface area (Å²) in [5.41, 5.74) is 7.52. The molecule has 0 amide bonds. The Kier molecular flexibility index (Phi) is 4.12. The highest BCUT2D eigenvalue weighted by Crippen LogP contribution is 2.20. The summed E-state index contributed by atoms with van der Waals surface area (Å²) in [6.07, 6.45) is 3.17. The van der Waals surface area contributed by atoms with Crippen molar-refractivity contribution in [1.29, 1.82) is 0 Å². The Morgan fingerprint density at radius 3 is 2.83 bits per heavy atom. The van der Waals surface area contributed by atoms with E-state index < -0.39 is 0 Å². The maximum atomic E-state index is 13.7. The van der Waals surface area contributed by atoms with Gasteiger partial charge < -0.3 is 11.1 Å². The number of benzene rings is 1. The van der Waals surface area contributed by atoms with Crippen molar-refractivity contribution >= 4 is 17.3 Å². The average Bonchev–Trinajstić information content (AvgIpc) is 2.39. The summed E-state index contributed by atoms with van der Waals surface area (Å²) in [5.74, 6) is -0.268. The minimum absolute atomic E-state index is 0.268. The molecule has 1 aromatic heterocycles. The first-order chi connectivity index (χ1) is 8.70. The topological polar surface area (TPSA) is 50.9 Å². The summed E-state index contributed by atoms with van der Waals surface area (Å²) >= 11 is 5.94. The van der Waals surface area contributed by atoms with E-state index in [0.29, 0.717) is 23.7 Å². The maximum absolute atomic E-state index is 13.7. The number of anilines is 1. The highest BCUT2D eigenvalue weighted by molar-refractivity contribution is 6.33. The minimum atomic E-state index is -0.268. The van der Waals surface area contributed by atoms with Gasteiger partial charge in [-0.05, 0) is 17.7 Å². The van der Waals surface area contributed by atoms with Gasteiger partial charge in [-0.15, -0.1) is 0 Å². The zero-order chi connectivity index (χ0) is 13.0. The van der Waals surface area contributed by atoms with Crippen molar-refractivity contribution in [2.45, 2.75) is 13.1 Å². The maximum Gasteiger partial charge on any atom is 0.128 e. The molecule has 0 aliphatic heterocycles. The lowest BCUT2D eigenvalue weighted by molar-refractivity contribution is 0.610. The monoisotopic (exact) mass is 265 g/mol. The lowest BCUT2D eigenvalue weighted by atomic mass is 10.1. The summed E-state index contributed by atoms with van der Waals surface area (Å²) in [7, 11) is 0. The van der Waals surface area contributed by atoms with E-state index in [1.165, 1.54) is 12.3 Å². The summed E-state index contributed by atoms with van der Waals surface area (Å²) in [5, 5.41) is 3.57. The van der Waals surface area contributed by atoms with Gasteiger partial charge in [-0.2, -0.15) is 0 Å². The molecule has 0 fully saturated rings. The Labute approximate surface area is 110 Å². The molecule has 1 heterocycles. The molecule has 0 bridgehead atoms. The van der Waals surface area contributed by atoms with Crippen LogP contribution in [-0.4, -0.2) is 4.98 Å². The van der Waals surface area contributed by atoms with E-state index in [9.17, 15) is 4.39 Å². The molecule has 0 atom stereocenters. The molecule has 18 heavy (non-hydrogen) atoms. The van der Waals surface area contributed by atoms with Crippen molar-refractivity contribution in [3.8, 4) is 0 Å². The smallest absolute Gasteiger partial charge is 0.128 e. The normalized spacial score (nSPS) is 10.4.